The summed E-state index contributed by atoms with van der Waals surface area (Å²) in [4.78, 5) is 19.1. The monoisotopic (exact) mass is 449 g/mol. The quantitative estimate of drug-likeness (QED) is 0.611. The number of benzene rings is 2. The van der Waals surface area contributed by atoms with E-state index in [0.717, 1.165) is 17.4 Å². The number of aromatic nitrogens is 1. The fourth-order valence-corrected chi connectivity index (χ4v) is 7.07. The summed E-state index contributed by atoms with van der Waals surface area (Å²) in [5, 5.41) is 0.800. The lowest BCUT2D eigenvalue weighted by Crippen LogP contribution is -2.47. The first-order chi connectivity index (χ1) is 15.5. The summed E-state index contributed by atoms with van der Waals surface area (Å²) in [5.74, 6) is 0. The van der Waals surface area contributed by atoms with Gasteiger partial charge in [0.25, 0.3) is 0 Å². The summed E-state index contributed by atoms with van der Waals surface area (Å²) in [7, 11) is -3.68. The number of piperidine rings is 1. The maximum Gasteiger partial charge on any atom is 0.411 e. The fourth-order valence-electron chi connectivity index (χ4n) is 5.44. The Morgan fingerprint density at radius 1 is 0.969 bits per heavy atom. The third-order valence-corrected chi connectivity index (χ3v) is 8.87. The molecule has 1 amide bonds. The molecule has 1 aliphatic carbocycles. The van der Waals surface area contributed by atoms with Crippen molar-refractivity contribution in [1.82, 2.24) is 14.2 Å². The number of sulfonamides is 1. The highest BCUT2D eigenvalue weighted by Crippen LogP contribution is 2.45. The third-order valence-electron chi connectivity index (χ3n) is 6.94. The van der Waals surface area contributed by atoms with Gasteiger partial charge in [-0.15, -0.1) is 0 Å². The van der Waals surface area contributed by atoms with Gasteiger partial charge in [-0.3, -0.25) is 9.88 Å². The lowest BCUT2D eigenvalue weighted by Gasteiger charge is -2.37. The van der Waals surface area contributed by atoms with Crippen LogP contribution >= 0.6 is 0 Å². The molecule has 2 atom stereocenters. The molecule has 2 fully saturated rings. The predicted molar refractivity (Wildman–Crippen MR) is 119 cm³/mol. The highest BCUT2D eigenvalue weighted by atomic mass is 32.2. The molecular formula is C24H23N3O4S. The van der Waals surface area contributed by atoms with E-state index in [1.165, 1.54) is 9.87 Å². The van der Waals surface area contributed by atoms with Crippen molar-refractivity contribution in [1.29, 1.82) is 0 Å². The van der Waals surface area contributed by atoms with Crippen molar-refractivity contribution >= 4 is 27.0 Å². The minimum Gasteiger partial charge on any atom is -0.443 e. The van der Waals surface area contributed by atoms with E-state index in [1.54, 1.807) is 24.4 Å². The van der Waals surface area contributed by atoms with Crippen LogP contribution in [0, 0.1) is 0 Å². The second-order valence-electron chi connectivity index (χ2n) is 8.64. The van der Waals surface area contributed by atoms with Crippen molar-refractivity contribution in [3.8, 4) is 0 Å². The maximum atomic E-state index is 13.4. The van der Waals surface area contributed by atoms with E-state index < -0.39 is 10.0 Å². The topological polar surface area (TPSA) is 79.8 Å². The molecular weight excluding hydrogens is 426 g/mol. The van der Waals surface area contributed by atoms with E-state index in [1.807, 2.05) is 29.2 Å². The van der Waals surface area contributed by atoms with Gasteiger partial charge in [0, 0.05) is 37.1 Å². The molecule has 7 nitrogen and oxygen atoms in total. The van der Waals surface area contributed by atoms with E-state index in [0.29, 0.717) is 31.4 Å². The second kappa shape index (κ2) is 7.28. The zero-order valence-electron chi connectivity index (χ0n) is 17.4. The van der Waals surface area contributed by atoms with Crippen molar-refractivity contribution in [2.24, 2.45) is 0 Å². The van der Waals surface area contributed by atoms with Crippen LogP contribution in [0.5, 0.6) is 0 Å². The minimum atomic E-state index is -3.68. The molecule has 164 valence electrons. The Hall–Kier alpha value is -2.97. The number of pyridine rings is 1. The Labute approximate surface area is 186 Å². The minimum absolute atomic E-state index is 0.0410. The molecule has 2 aliphatic heterocycles. The van der Waals surface area contributed by atoms with Gasteiger partial charge in [0.15, 0.2) is 0 Å². The van der Waals surface area contributed by atoms with Gasteiger partial charge in [0.05, 0.1) is 11.6 Å². The zero-order valence-corrected chi connectivity index (χ0v) is 18.2. The number of para-hydroxylation sites is 1. The molecule has 1 aromatic heterocycles. The van der Waals surface area contributed by atoms with Crippen molar-refractivity contribution < 1.29 is 17.9 Å². The fraction of sp³-hybridized carbons (Fsp3) is 0.333. The van der Waals surface area contributed by atoms with Crippen molar-refractivity contribution in [3.63, 3.8) is 0 Å². The van der Waals surface area contributed by atoms with Gasteiger partial charge in [0.2, 0.25) is 10.0 Å². The van der Waals surface area contributed by atoms with E-state index >= 15 is 0 Å². The van der Waals surface area contributed by atoms with Crippen LogP contribution in [-0.2, 0) is 21.2 Å². The van der Waals surface area contributed by atoms with E-state index in [-0.39, 0.29) is 29.2 Å². The largest absolute Gasteiger partial charge is 0.443 e. The smallest absolute Gasteiger partial charge is 0.411 e. The van der Waals surface area contributed by atoms with Gasteiger partial charge in [-0.2, -0.15) is 4.31 Å². The van der Waals surface area contributed by atoms with Crippen LogP contribution in [0.3, 0.4) is 0 Å². The van der Waals surface area contributed by atoms with Crippen molar-refractivity contribution in [2.45, 2.75) is 42.3 Å². The average Bonchev–Trinajstić information content (AvgIpc) is 3.33. The van der Waals surface area contributed by atoms with Gasteiger partial charge in [0.1, 0.15) is 11.0 Å². The molecule has 0 spiro atoms. The van der Waals surface area contributed by atoms with Gasteiger partial charge in [-0.05, 0) is 36.1 Å². The SMILES string of the molecule is O=C1OC2Cc3ccccc3C2N1C1CCN(S(=O)(=O)c2cccc3cccnc23)CC1. The first-order valence-electron chi connectivity index (χ1n) is 10.9. The standard InChI is InChI=1S/C24H23N3O4S/c28-24-27(23-19-8-2-1-5-17(19)15-20(23)31-24)18-10-13-26(14-11-18)32(29,30)21-9-3-6-16-7-4-12-25-22(16)21/h1-9,12,18,20,23H,10-11,13-15H2. The van der Waals surface area contributed by atoms with Gasteiger partial charge >= 0.3 is 6.09 Å². The molecule has 2 saturated heterocycles. The molecule has 3 aliphatic rings. The molecule has 8 heteroatoms. The number of hydrogen-bond acceptors (Lipinski definition) is 5. The number of amides is 1. The van der Waals surface area contributed by atoms with Crippen LogP contribution in [0.2, 0.25) is 0 Å². The number of nitrogens with zero attached hydrogens (tertiary/aromatic N) is 3. The Balaban J connectivity index is 1.24. The number of fused-ring (bicyclic) bond motifs is 4. The normalized spacial score (nSPS) is 23.9. The molecule has 3 heterocycles. The van der Waals surface area contributed by atoms with Crippen LogP contribution in [0.25, 0.3) is 10.9 Å². The summed E-state index contributed by atoms with van der Waals surface area (Å²) in [6, 6.07) is 17.0. The van der Waals surface area contributed by atoms with Crippen LogP contribution in [0.4, 0.5) is 4.79 Å². The molecule has 6 rings (SSSR count). The predicted octanol–water partition coefficient (Wildman–Crippen LogP) is 3.51. The van der Waals surface area contributed by atoms with Crippen molar-refractivity contribution in [3.05, 3.63) is 71.9 Å². The number of hydrogen-bond donors (Lipinski definition) is 0. The summed E-state index contributed by atoms with van der Waals surface area (Å²) >= 11 is 0. The van der Waals surface area contributed by atoms with Crippen LogP contribution < -0.4 is 0 Å². The molecule has 0 bridgehead atoms. The second-order valence-corrected chi connectivity index (χ2v) is 10.6. The molecule has 0 N–H and O–H groups in total. The van der Waals surface area contributed by atoms with E-state index in [2.05, 4.69) is 17.1 Å². The van der Waals surface area contributed by atoms with Gasteiger partial charge in [-0.25, -0.2) is 13.2 Å². The lowest BCUT2D eigenvalue weighted by atomic mass is 10.00. The molecule has 0 saturated carbocycles. The molecule has 2 unspecified atom stereocenters. The van der Waals surface area contributed by atoms with Crippen LogP contribution in [0.1, 0.15) is 30.0 Å². The molecule has 3 aromatic rings. The summed E-state index contributed by atoms with van der Waals surface area (Å²) < 4.78 is 34.1. The average molecular weight is 450 g/mol. The maximum absolute atomic E-state index is 13.4. The summed E-state index contributed by atoms with van der Waals surface area (Å²) in [6.45, 7) is 0.720. The Kier molecular flexibility index (Phi) is 4.48. The molecule has 2 aromatic carbocycles. The molecule has 0 radical (unpaired) electrons. The zero-order chi connectivity index (χ0) is 21.9. The number of carbonyl (C=O) groups excluding carboxylic acids is 1. The number of carbonyl (C=O) groups is 1. The Bertz CT molecular complexity index is 1310. The van der Waals surface area contributed by atoms with Crippen LogP contribution in [0.15, 0.2) is 65.7 Å². The summed E-state index contributed by atoms with van der Waals surface area (Å²) in [5.41, 5.74) is 2.87. The Morgan fingerprint density at radius 2 is 1.75 bits per heavy atom. The van der Waals surface area contributed by atoms with Crippen molar-refractivity contribution in [2.75, 3.05) is 13.1 Å². The number of rotatable bonds is 3. The lowest BCUT2D eigenvalue weighted by molar-refractivity contribution is 0.119. The third kappa shape index (κ3) is 2.93. The summed E-state index contributed by atoms with van der Waals surface area (Å²) in [6.07, 6.45) is 3.08. The number of ether oxygens (including phenoxy) is 1. The first kappa shape index (κ1) is 19.7. The van der Waals surface area contributed by atoms with E-state index in [9.17, 15) is 13.2 Å². The van der Waals surface area contributed by atoms with Crippen LogP contribution in [-0.4, -0.2) is 53.9 Å². The first-order valence-corrected chi connectivity index (χ1v) is 12.4. The Morgan fingerprint density at radius 3 is 2.59 bits per heavy atom. The highest BCUT2D eigenvalue weighted by molar-refractivity contribution is 7.89. The molecule has 32 heavy (non-hydrogen) atoms. The van der Waals surface area contributed by atoms with Gasteiger partial charge < -0.3 is 4.74 Å². The van der Waals surface area contributed by atoms with E-state index in [4.69, 9.17) is 4.74 Å². The highest BCUT2D eigenvalue weighted by Gasteiger charge is 2.50. The van der Waals surface area contributed by atoms with Gasteiger partial charge in [-0.1, -0.05) is 42.5 Å².